The number of hydrogen-bond acceptors (Lipinski definition) is 0. The predicted molar refractivity (Wildman–Crippen MR) is 97.4 cm³/mol. The number of benzene rings is 4. The zero-order valence-corrected chi connectivity index (χ0v) is 13.1. The van der Waals surface area contributed by atoms with Gasteiger partial charge in [-0.3, -0.25) is 0 Å². The molecule has 0 unspecified atom stereocenters. The molecule has 0 radical (unpaired) electrons. The lowest BCUT2D eigenvalue weighted by molar-refractivity contribution is 1.48. The third-order valence-electron chi connectivity index (χ3n) is 3.92. The lowest BCUT2D eigenvalue weighted by Gasteiger charge is -2.06. The van der Waals surface area contributed by atoms with E-state index in [9.17, 15) is 0 Å². The molecule has 0 heteroatoms. The van der Waals surface area contributed by atoms with Gasteiger partial charge in [-0.1, -0.05) is 90.5 Å². The Morgan fingerprint density at radius 3 is 1.68 bits per heavy atom. The van der Waals surface area contributed by atoms with Gasteiger partial charge in [-0.05, 0) is 41.0 Å². The van der Waals surface area contributed by atoms with E-state index in [1.807, 2.05) is 18.2 Å². The van der Waals surface area contributed by atoms with Crippen molar-refractivity contribution in [3.63, 3.8) is 0 Å². The average molecular weight is 284 g/mol. The molecule has 0 spiro atoms. The summed E-state index contributed by atoms with van der Waals surface area (Å²) in [6.45, 7) is 4.26. The lowest BCUT2D eigenvalue weighted by atomic mass is 9.98. The van der Waals surface area contributed by atoms with E-state index in [1.165, 1.54) is 32.7 Å². The fourth-order valence-corrected chi connectivity index (χ4v) is 2.78. The second kappa shape index (κ2) is 6.44. The van der Waals surface area contributed by atoms with Crippen molar-refractivity contribution in [2.45, 2.75) is 13.8 Å². The van der Waals surface area contributed by atoms with Crippen molar-refractivity contribution < 1.29 is 0 Å². The minimum absolute atomic E-state index is 1.32. The molecule has 0 fully saturated rings. The summed E-state index contributed by atoms with van der Waals surface area (Å²) < 4.78 is 0. The molecule has 0 saturated heterocycles. The molecule has 22 heavy (non-hydrogen) atoms. The Bertz CT molecular complexity index is 889. The highest BCUT2D eigenvalue weighted by atomic mass is 14.1. The van der Waals surface area contributed by atoms with Crippen LogP contribution in [0.4, 0.5) is 0 Å². The fraction of sp³-hybridized carbons (Fsp3) is 0.0909. The van der Waals surface area contributed by atoms with Crippen LogP contribution in [0.1, 0.15) is 11.1 Å². The summed E-state index contributed by atoms with van der Waals surface area (Å²) in [7, 11) is 0. The molecule has 0 aromatic heterocycles. The lowest BCUT2D eigenvalue weighted by Crippen LogP contribution is -1.81. The first kappa shape index (κ1) is 14.3. The van der Waals surface area contributed by atoms with Gasteiger partial charge in [-0.15, -0.1) is 0 Å². The second-order valence-electron chi connectivity index (χ2n) is 5.61. The highest BCUT2D eigenvalue weighted by Gasteiger charge is 2.01. The number of aryl methyl sites for hydroxylation is 2. The first-order valence-corrected chi connectivity index (χ1v) is 7.64. The third-order valence-corrected chi connectivity index (χ3v) is 3.92. The maximum atomic E-state index is 2.26. The summed E-state index contributed by atoms with van der Waals surface area (Å²) in [5, 5.41) is 5.39. The summed E-state index contributed by atoms with van der Waals surface area (Å²) in [6, 6.07) is 29.7. The van der Waals surface area contributed by atoms with E-state index in [-0.39, 0.29) is 0 Å². The van der Waals surface area contributed by atoms with Crippen LogP contribution in [0.15, 0.2) is 84.9 Å². The van der Waals surface area contributed by atoms with Crippen LogP contribution in [-0.2, 0) is 0 Å². The molecule has 0 atom stereocenters. The van der Waals surface area contributed by atoms with Crippen molar-refractivity contribution in [3.8, 4) is 0 Å². The Hall–Kier alpha value is -2.60. The van der Waals surface area contributed by atoms with Crippen molar-refractivity contribution >= 4 is 21.5 Å². The minimum atomic E-state index is 1.32. The van der Waals surface area contributed by atoms with Crippen LogP contribution in [0, 0.1) is 13.8 Å². The normalized spacial score (nSPS) is 10.3. The van der Waals surface area contributed by atoms with E-state index in [0.29, 0.717) is 0 Å². The molecule has 0 N–H and O–H groups in total. The highest BCUT2D eigenvalue weighted by Crippen LogP contribution is 2.27. The van der Waals surface area contributed by atoms with E-state index in [0.717, 1.165) is 0 Å². The molecule has 0 heterocycles. The summed E-state index contributed by atoms with van der Waals surface area (Å²) >= 11 is 0. The van der Waals surface area contributed by atoms with Gasteiger partial charge in [0.2, 0.25) is 0 Å². The van der Waals surface area contributed by atoms with Crippen LogP contribution in [0.25, 0.3) is 21.5 Å². The van der Waals surface area contributed by atoms with Crippen LogP contribution < -0.4 is 0 Å². The molecule has 0 nitrogen and oxygen atoms in total. The zero-order chi connectivity index (χ0) is 15.4. The predicted octanol–water partition coefficient (Wildman–Crippen LogP) is 6.30. The molecule has 0 aliphatic carbocycles. The Labute approximate surface area is 132 Å². The molecule has 0 bridgehead atoms. The van der Waals surface area contributed by atoms with Crippen molar-refractivity contribution in [1.29, 1.82) is 0 Å². The van der Waals surface area contributed by atoms with Crippen molar-refractivity contribution in [3.05, 3.63) is 96.1 Å². The Kier molecular flexibility index (Phi) is 4.20. The number of fused-ring (bicyclic) bond motifs is 3. The van der Waals surface area contributed by atoms with Gasteiger partial charge in [0.15, 0.2) is 0 Å². The first-order valence-electron chi connectivity index (χ1n) is 7.64. The standard InChI is InChI=1S/C15H12.C7H8/c1-11-10-12-6-2-3-8-14(12)15-9-5-4-7-13(11)15;1-7-5-3-2-4-6-7/h2-10H,1H3;2-6H,1H3. The third kappa shape index (κ3) is 3.01. The summed E-state index contributed by atoms with van der Waals surface area (Å²) in [5.74, 6) is 0. The molecule has 4 aromatic carbocycles. The van der Waals surface area contributed by atoms with E-state index in [2.05, 4.69) is 80.6 Å². The summed E-state index contributed by atoms with van der Waals surface area (Å²) in [6.07, 6.45) is 0. The van der Waals surface area contributed by atoms with Gasteiger partial charge in [0.05, 0.1) is 0 Å². The molecule has 108 valence electrons. The SMILES string of the molecule is Cc1cc2ccccc2c2ccccc12.Cc1ccccc1. The van der Waals surface area contributed by atoms with E-state index < -0.39 is 0 Å². The molecule has 4 rings (SSSR count). The molecule has 4 aromatic rings. The summed E-state index contributed by atoms with van der Waals surface area (Å²) in [5.41, 5.74) is 2.67. The smallest absolute Gasteiger partial charge is 0.0103 e. The molecular weight excluding hydrogens is 264 g/mol. The maximum Gasteiger partial charge on any atom is -0.0103 e. The topological polar surface area (TPSA) is 0 Å². The van der Waals surface area contributed by atoms with Gasteiger partial charge < -0.3 is 0 Å². The minimum Gasteiger partial charge on any atom is -0.0622 e. The largest absolute Gasteiger partial charge is 0.0622 e. The van der Waals surface area contributed by atoms with Gasteiger partial charge in [0, 0.05) is 0 Å². The van der Waals surface area contributed by atoms with Gasteiger partial charge in [-0.25, -0.2) is 0 Å². The van der Waals surface area contributed by atoms with Gasteiger partial charge >= 0.3 is 0 Å². The van der Waals surface area contributed by atoms with Crippen LogP contribution in [-0.4, -0.2) is 0 Å². The van der Waals surface area contributed by atoms with E-state index in [4.69, 9.17) is 0 Å². The molecular formula is C22H20. The zero-order valence-electron chi connectivity index (χ0n) is 13.1. The van der Waals surface area contributed by atoms with E-state index >= 15 is 0 Å². The van der Waals surface area contributed by atoms with Gasteiger partial charge in [0.25, 0.3) is 0 Å². The highest BCUT2D eigenvalue weighted by molar-refractivity contribution is 6.08. The van der Waals surface area contributed by atoms with Gasteiger partial charge in [0.1, 0.15) is 0 Å². The Morgan fingerprint density at radius 1 is 0.500 bits per heavy atom. The van der Waals surface area contributed by atoms with Crippen LogP contribution >= 0.6 is 0 Å². The number of rotatable bonds is 0. The van der Waals surface area contributed by atoms with Crippen molar-refractivity contribution in [2.75, 3.05) is 0 Å². The van der Waals surface area contributed by atoms with Crippen molar-refractivity contribution in [2.24, 2.45) is 0 Å². The molecule has 0 amide bonds. The van der Waals surface area contributed by atoms with E-state index in [1.54, 1.807) is 0 Å². The van der Waals surface area contributed by atoms with Gasteiger partial charge in [-0.2, -0.15) is 0 Å². The van der Waals surface area contributed by atoms with Crippen LogP contribution in [0.2, 0.25) is 0 Å². The monoisotopic (exact) mass is 284 g/mol. The molecule has 0 saturated carbocycles. The molecule has 0 aliphatic heterocycles. The number of hydrogen-bond donors (Lipinski definition) is 0. The van der Waals surface area contributed by atoms with Crippen LogP contribution in [0.5, 0.6) is 0 Å². The Balaban J connectivity index is 0.000000174. The average Bonchev–Trinajstić information content (AvgIpc) is 2.57. The second-order valence-corrected chi connectivity index (χ2v) is 5.61. The maximum absolute atomic E-state index is 2.26. The summed E-state index contributed by atoms with van der Waals surface area (Å²) in [4.78, 5) is 0. The van der Waals surface area contributed by atoms with Crippen LogP contribution in [0.3, 0.4) is 0 Å². The van der Waals surface area contributed by atoms with Crippen molar-refractivity contribution in [1.82, 2.24) is 0 Å². The molecule has 0 aliphatic rings. The fourth-order valence-electron chi connectivity index (χ4n) is 2.78. The first-order chi connectivity index (χ1) is 10.8. The quantitative estimate of drug-likeness (QED) is 0.332. The Morgan fingerprint density at radius 2 is 1.05 bits per heavy atom.